The molecule has 208 valence electrons. The third-order valence-electron chi connectivity index (χ3n) is 6.65. The molecule has 0 heterocycles. The minimum absolute atomic E-state index is 0. The first-order valence-electron chi connectivity index (χ1n) is 15.0. The first-order chi connectivity index (χ1) is 17.6. The number of aliphatic imine (C=N–C) groups is 2. The van der Waals surface area contributed by atoms with Crippen LogP contribution in [0.2, 0.25) is 0 Å². The topological polar surface area (TPSA) is 24.7 Å². The molecule has 3 heteroatoms. The van der Waals surface area contributed by atoms with Gasteiger partial charge in [-0.15, -0.1) is 0 Å². The summed E-state index contributed by atoms with van der Waals surface area (Å²) in [6.07, 6.45) is 19.9. The summed E-state index contributed by atoms with van der Waals surface area (Å²) in [6.45, 7) is 11.3. The Bertz CT molecular complexity index is 896. The molecule has 0 spiro atoms. The third-order valence-corrected chi connectivity index (χ3v) is 6.65. The second kappa shape index (κ2) is 20.3. The predicted molar refractivity (Wildman–Crippen MR) is 162 cm³/mol. The van der Waals surface area contributed by atoms with Crippen molar-refractivity contribution in [3.8, 4) is 0 Å². The Morgan fingerprint density at radius 1 is 0.541 bits per heavy atom. The minimum atomic E-state index is 0. The van der Waals surface area contributed by atoms with Gasteiger partial charge < -0.3 is 0 Å². The maximum atomic E-state index is 5.18. The molecule has 2 nitrogen and oxygen atoms in total. The van der Waals surface area contributed by atoms with E-state index >= 15 is 0 Å². The molecule has 2 rings (SSSR count). The van der Waals surface area contributed by atoms with Gasteiger partial charge in [-0.3, -0.25) is 9.98 Å². The van der Waals surface area contributed by atoms with E-state index in [0.717, 1.165) is 62.0 Å². The van der Waals surface area contributed by atoms with Crippen LogP contribution in [0.3, 0.4) is 0 Å². The van der Waals surface area contributed by atoms with E-state index in [-0.39, 0.29) is 16.5 Å². The molecule has 0 amide bonds. The zero-order valence-corrected chi connectivity index (χ0v) is 25.3. The van der Waals surface area contributed by atoms with E-state index in [1.54, 1.807) is 0 Å². The van der Waals surface area contributed by atoms with Gasteiger partial charge in [0.1, 0.15) is 0 Å². The summed E-state index contributed by atoms with van der Waals surface area (Å²) in [5, 5.41) is 0. The van der Waals surface area contributed by atoms with Gasteiger partial charge in [-0.2, -0.15) is 0 Å². The Kier molecular flexibility index (Phi) is 18.2. The average molecular weight is 547 g/mol. The number of benzene rings is 2. The normalized spacial score (nSPS) is 11.8. The van der Waals surface area contributed by atoms with Crippen LogP contribution >= 0.6 is 0 Å². The van der Waals surface area contributed by atoms with Crippen molar-refractivity contribution < 1.29 is 16.5 Å². The van der Waals surface area contributed by atoms with Crippen LogP contribution in [0.25, 0.3) is 0 Å². The zero-order valence-electron chi connectivity index (χ0n) is 24.4. The first-order valence-corrected chi connectivity index (χ1v) is 15.0. The van der Waals surface area contributed by atoms with E-state index in [1.807, 2.05) is 0 Å². The van der Waals surface area contributed by atoms with Crippen LogP contribution in [0.15, 0.2) is 46.4 Å². The number of rotatable bonds is 18. The number of hydrogen-bond acceptors (Lipinski definition) is 2. The molecule has 2 aromatic rings. The Labute approximate surface area is 238 Å². The fraction of sp³-hybridized carbons (Fsp3) is 0.588. The van der Waals surface area contributed by atoms with E-state index in [1.165, 1.54) is 73.6 Å². The smallest absolute Gasteiger partial charge is 0.0639 e. The van der Waals surface area contributed by atoms with Crippen molar-refractivity contribution in [2.75, 3.05) is 0 Å². The van der Waals surface area contributed by atoms with E-state index < -0.39 is 0 Å². The third kappa shape index (κ3) is 13.6. The Morgan fingerprint density at radius 2 is 0.973 bits per heavy atom. The second-order valence-electron chi connectivity index (χ2n) is 10.4. The van der Waals surface area contributed by atoms with Gasteiger partial charge in [0, 0.05) is 22.7 Å². The molecular formula is C34H52N2Ni. The maximum absolute atomic E-state index is 5.18. The molecule has 0 atom stereocenters. The van der Waals surface area contributed by atoms with Gasteiger partial charge in [-0.25, -0.2) is 0 Å². The Hall–Kier alpha value is -1.73. The number of hydrogen-bond donors (Lipinski definition) is 0. The van der Waals surface area contributed by atoms with Crippen LogP contribution in [-0.4, -0.2) is 11.9 Å². The van der Waals surface area contributed by atoms with Crippen molar-refractivity contribution in [2.24, 2.45) is 9.98 Å². The standard InChI is InChI=1S/C34H52N2.Ni/c1-6-11-12-13-14-15-20-32(36-34-25-30(18-9-4)22-31(26-34)19-10-5)27-35-33-23-28(16-7-2)21-29(24-33)17-8-3;/h21-27H,6-20H2,1-5H3;/b35-27+,36-32+;. The van der Waals surface area contributed by atoms with E-state index in [0.29, 0.717) is 0 Å². The van der Waals surface area contributed by atoms with Crippen molar-refractivity contribution in [2.45, 2.75) is 131 Å². The van der Waals surface area contributed by atoms with Crippen LogP contribution < -0.4 is 0 Å². The Morgan fingerprint density at radius 3 is 1.43 bits per heavy atom. The molecule has 0 unspecified atom stereocenters. The monoisotopic (exact) mass is 546 g/mol. The predicted octanol–water partition coefficient (Wildman–Crippen LogP) is 10.7. The van der Waals surface area contributed by atoms with Crippen molar-refractivity contribution in [3.05, 3.63) is 58.7 Å². The molecule has 0 bridgehead atoms. The average Bonchev–Trinajstić information content (AvgIpc) is 2.85. The molecule has 0 radical (unpaired) electrons. The molecule has 0 saturated heterocycles. The summed E-state index contributed by atoms with van der Waals surface area (Å²) in [7, 11) is 0. The van der Waals surface area contributed by atoms with Crippen LogP contribution in [0.4, 0.5) is 11.4 Å². The number of aryl methyl sites for hydroxylation is 4. The van der Waals surface area contributed by atoms with Gasteiger partial charge in [0.05, 0.1) is 17.1 Å². The number of nitrogens with zero attached hydrogens (tertiary/aromatic N) is 2. The maximum Gasteiger partial charge on any atom is 0.0639 e. The number of unbranched alkanes of at least 4 members (excludes halogenated alkanes) is 5. The van der Waals surface area contributed by atoms with Crippen LogP contribution in [0, 0.1) is 0 Å². The summed E-state index contributed by atoms with van der Waals surface area (Å²) in [4.78, 5) is 10.2. The molecule has 2 aromatic carbocycles. The summed E-state index contributed by atoms with van der Waals surface area (Å²) in [6, 6.07) is 13.9. The molecule has 0 saturated carbocycles. The van der Waals surface area contributed by atoms with Gasteiger partial charge in [-0.05, 0) is 85.0 Å². The molecule has 37 heavy (non-hydrogen) atoms. The molecule has 0 aliphatic rings. The van der Waals surface area contributed by atoms with Crippen molar-refractivity contribution >= 4 is 23.3 Å². The zero-order chi connectivity index (χ0) is 26.0. The summed E-state index contributed by atoms with van der Waals surface area (Å²) >= 11 is 0. The second-order valence-corrected chi connectivity index (χ2v) is 10.4. The molecule has 0 aliphatic heterocycles. The van der Waals surface area contributed by atoms with Crippen molar-refractivity contribution in [1.82, 2.24) is 0 Å². The van der Waals surface area contributed by atoms with E-state index in [9.17, 15) is 0 Å². The van der Waals surface area contributed by atoms with Gasteiger partial charge in [-0.1, -0.05) is 105 Å². The van der Waals surface area contributed by atoms with Crippen molar-refractivity contribution in [1.29, 1.82) is 0 Å². The SMILES string of the molecule is CCCCCCCCC(/C=N/c1cc(CCC)cc(CCC)c1)=N\c1cc(CCC)cc(CCC)c1.[Ni]. The van der Waals surface area contributed by atoms with E-state index in [4.69, 9.17) is 9.98 Å². The fourth-order valence-electron chi connectivity index (χ4n) is 4.91. The summed E-state index contributed by atoms with van der Waals surface area (Å²) in [5.41, 5.74) is 8.92. The first kappa shape index (κ1) is 33.3. The molecule has 0 fully saturated rings. The summed E-state index contributed by atoms with van der Waals surface area (Å²) in [5.74, 6) is 0. The molecular weight excluding hydrogens is 495 g/mol. The molecule has 0 aliphatic carbocycles. The minimum Gasteiger partial charge on any atom is -0.255 e. The summed E-state index contributed by atoms with van der Waals surface area (Å²) < 4.78 is 0. The van der Waals surface area contributed by atoms with Crippen LogP contribution in [0.5, 0.6) is 0 Å². The largest absolute Gasteiger partial charge is 0.255 e. The van der Waals surface area contributed by atoms with Crippen molar-refractivity contribution in [3.63, 3.8) is 0 Å². The fourth-order valence-corrected chi connectivity index (χ4v) is 4.91. The van der Waals surface area contributed by atoms with Gasteiger partial charge in [0.25, 0.3) is 0 Å². The van der Waals surface area contributed by atoms with Crippen LogP contribution in [0.1, 0.15) is 128 Å². The Balaban J connectivity index is 0.00000684. The van der Waals surface area contributed by atoms with Gasteiger partial charge in [0.15, 0.2) is 0 Å². The quantitative estimate of drug-likeness (QED) is 0.101. The van der Waals surface area contributed by atoms with E-state index in [2.05, 4.69) is 77.2 Å². The van der Waals surface area contributed by atoms with Crippen LogP contribution in [-0.2, 0) is 42.2 Å². The van der Waals surface area contributed by atoms with Gasteiger partial charge >= 0.3 is 0 Å². The molecule has 0 N–H and O–H groups in total. The molecule has 0 aromatic heterocycles. The van der Waals surface area contributed by atoms with Gasteiger partial charge in [0.2, 0.25) is 0 Å².